The van der Waals surface area contributed by atoms with Crippen molar-refractivity contribution in [1.29, 1.82) is 0 Å². The maximum atomic E-state index is 13.9. The van der Waals surface area contributed by atoms with Crippen molar-refractivity contribution in [3.63, 3.8) is 0 Å². The first-order chi connectivity index (χ1) is 14.8. The minimum Gasteiger partial charge on any atom is -0.464 e. The van der Waals surface area contributed by atoms with E-state index in [1.54, 1.807) is 25.3 Å². The van der Waals surface area contributed by atoms with Gasteiger partial charge in [-0.3, -0.25) is 9.36 Å². The van der Waals surface area contributed by atoms with E-state index in [-0.39, 0.29) is 18.1 Å². The Balaban J connectivity index is 1.96. The second-order valence-electron chi connectivity index (χ2n) is 9.06. The fraction of sp³-hybridized carbons (Fsp3) is 0.480. The number of aryl methyl sites for hydroxylation is 2. The largest absolute Gasteiger partial charge is 0.464 e. The van der Waals surface area contributed by atoms with Gasteiger partial charge in [-0.2, -0.15) is 0 Å². The number of nitrogens with zero attached hydrogens (tertiary/aromatic N) is 2. The molecule has 6 heteroatoms. The monoisotopic (exact) mass is 438 g/mol. The van der Waals surface area contributed by atoms with Crippen molar-refractivity contribution in [3.8, 4) is 11.1 Å². The van der Waals surface area contributed by atoms with E-state index in [1.807, 2.05) is 19.2 Å². The molecule has 0 saturated heterocycles. The summed E-state index contributed by atoms with van der Waals surface area (Å²) in [4.78, 5) is 32.2. The normalized spacial score (nSPS) is 14.1. The van der Waals surface area contributed by atoms with Crippen LogP contribution in [0, 0.1) is 0 Å². The maximum absolute atomic E-state index is 13.9. The lowest BCUT2D eigenvalue weighted by atomic mass is 9.89. The fourth-order valence-corrected chi connectivity index (χ4v) is 5.39. The van der Waals surface area contributed by atoms with Crippen molar-refractivity contribution in [3.05, 3.63) is 50.9 Å². The number of carbonyl (C=O) groups is 1. The Bertz CT molecular complexity index is 1200. The smallest absolute Gasteiger partial charge is 0.331 e. The Morgan fingerprint density at radius 3 is 2.61 bits per heavy atom. The van der Waals surface area contributed by atoms with Gasteiger partial charge in [0.2, 0.25) is 0 Å². The number of carbonyl (C=O) groups excluding carboxylic acids is 1. The standard InChI is InChI=1S/C25H30N2O3S/c1-6-30-24(29)25(4,5)27-21(15(2)3)26-22-20(23(27)28)19(14-31-22)18-12-11-16-9-7-8-10-17(16)13-18/h11-15H,6-10H2,1-5H3. The molecule has 2 heterocycles. The van der Waals surface area contributed by atoms with Gasteiger partial charge in [0.25, 0.3) is 5.56 Å². The lowest BCUT2D eigenvalue weighted by Crippen LogP contribution is -2.46. The third kappa shape index (κ3) is 3.71. The number of hydrogen-bond acceptors (Lipinski definition) is 5. The van der Waals surface area contributed by atoms with Crippen LogP contribution in [0.25, 0.3) is 21.3 Å². The first-order valence-corrected chi connectivity index (χ1v) is 12.0. The number of hydrogen-bond donors (Lipinski definition) is 0. The summed E-state index contributed by atoms with van der Waals surface area (Å²) < 4.78 is 6.85. The fourth-order valence-electron chi connectivity index (χ4n) is 4.45. The molecule has 0 unspecified atom stereocenters. The molecule has 1 aliphatic rings. The summed E-state index contributed by atoms with van der Waals surface area (Å²) in [6, 6.07) is 6.54. The van der Waals surface area contributed by atoms with Crippen LogP contribution in [-0.4, -0.2) is 22.1 Å². The average molecular weight is 439 g/mol. The van der Waals surface area contributed by atoms with Crippen molar-refractivity contribution in [2.24, 2.45) is 0 Å². The maximum Gasteiger partial charge on any atom is 0.331 e. The lowest BCUT2D eigenvalue weighted by molar-refractivity contribution is -0.152. The van der Waals surface area contributed by atoms with Gasteiger partial charge in [-0.1, -0.05) is 32.0 Å². The summed E-state index contributed by atoms with van der Waals surface area (Å²) in [6.45, 7) is 9.48. The highest BCUT2D eigenvalue weighted by Crippen LogP contribution is 2.35. The summed E-state index contributed by atoms with van der Waals surface area (Å²) in [5.41, 5.74) is 3.40. The van der Waals surface area contributed by atoms with E-state index in [4.69, 9.17) is 9.72 Å². The van der Waals surface area contributed by atoms with Crippen LogP contribution in [0.4, 0.5) is 0 Å². The van der Waals surface area contributed by atoms with Crippen LogP contribution in [0.1, 0.15) is 70.3 Å². The van der Waals surface area contributed by atoms with Crippen LogP contribution in [0.2, 0.25) is 0 Å². The third-order valence-electron chi connectivity index (χ3n) is 6.14. The molecule has 164 valence electrons. The van der Waals surface area contributed by atoms with Gasteiger partial charge >= 0.3 is 5.97 Å². The van der Waals surface area contributed by atoms with Crippen LogP contribution >= 0.6 is 11.3 Å². The summed E-state index contributed by atoms with van der Waals surface area (Å²) in [6.07, 6.45) is 4.66. The number of rotatable bonds is 5. The predicted octanol–water partition coefficient (Wildman–Crippen LogP) is 5.43. The van der Waals surface area contributed by atoms with E-state index in [2.05, 4.69) is 18.2 Å². The van der Waals surface area contributed by atoms with Gasteiger partial charge in [0.05, 0.1) is 12.0 Å². The molecule has 0 bridgehead atoms. The molecular formula is C25H30N2O3S. The molecule has 0 aliphatic heterocycles. The van der Waals surface area contributed by atoms with Crippen molar-refractivity contribution in [2.45, 2.75) is 71.8 Å². The molecule has 0 fully saturated rings. The number of benzene rings is 1. The molecule has 0 amide bonds. The molecule has 3 aromatic rings. The molecule has 1 aromatic carbocycles. The second-order valence-corrected chi connectivity index (χ2v) is 9.92. The lowest BCUT2D eigenvalue weighted by Gasteiger charge is -2.28. The highest BCUT2D eigenvalue weighted by Gasteiger charge is 2.36. The van der Waals surface area contributed by atoms with Crippen molar-refractivity contribution >= 4 is 27.5 Å². The van der Waals surface area contributed by atoms with Gasteiger partial charge in [0, 0.05) is 16.9 Å². The van der Waals surface area contributed by atoms with E-state index >= 15 is 0 Å². The zero-order valence-corrected chi connectivity index (χ0v) is 19.8. The van der Waals surface area contributed by atoms with Crippen LogP contribution < -0.4 is 5.56 Å². The highest BCUT2D eigenvalue weighted by molar-refractivity contribution is 7.17. The molecule has 0 atom stereocenters. The van der Waals surface area contributed by atoms with Crippen molar-refractivity contribution in [1.82, 2.24) is 9.55 Å². The number of thiophene rings is 1. The Labute approximate surface area is 187 Å². The van der Waals surface area contributed by atoms with Crippen LogP contribution in [-0.2, 0) is 27.9 Å². The van der Waals surface area contributed by atoms with Crippen LogP contribution in [0.15, 0.2) is 28.4 Å². The minimum absolute atomic E-state index is 0.0138. The minimum atomic E-state index is -1.15. The molecule has 4 rings (SSSR count). The highest BCUT2D eigenvalue weighted by atomic mass is 32.1. The number of ether oxygens (including phenoxy) is 1. The van der Waals surface area contributed by atoms with Crippen molar-refractivity contribution < 1.29 is 9.53 Å². The summed E-state index contributed by atoms with van der Waals surface area (Å²) in [7, 11) is 0. The molecule has 2 aromatic heterocycles. The average Bonchev–Trinajstić information content (AvgIpc) is 3.17. The Morgan fingerprint density at radius 1 is 1.23 bits per heavy atom. The quantitative estimate of drug-likeness (QED) is 0.499. The number of esters is 1. The zero-order chi connectivity index (χ0) is 22.3. The molecule has 0 saturated carbocycles. The Hall–Kier alpha value is -2.47. The molecule has 0 N–H and O–H groups in total. The Kier molecular flexibility index (Phi) is 5.77. The van der Waals surface area contributed by atoms with E-state index < -0.39 is 11.5 Å². The second kappa shape index (κ2) is 8.23. The molecule has 31 heavy (non-hydrogen) atoms. The van der Waals surface area contributed by atoms with Gasteiger partial charge in [-0.25, -0.2) is 9.78 Å². The van der Waals surface area contributed by atoms with E-state index in [0.717, 1.165) is 28.8 Å². The SMILES string of the molecule is CCOC(=O)C(C)(C)n1c(C(C)C)nc2scc(-c3ccc4c(c3)CCCC4)c2c1=O. The van der Waals surface area contributed by atoms with Crippen LogP contribution in [0.5, 0.6) is 0 Å². The van der Waals surface area contributed by atoms with Gasteiger partial charge in [0.1, 0.15) is 16.2 Å². The van der Waals surface area contributed by atoms with E-state index in [1.165, 1.54) is 35.3 Å². The zero-order valence-electron chi connectivity index (χ0n) is 18.9. The van der Waals surface area contributed by atoms with E-state index in [9.17, 15) is 9.59 Å². The summed E-state index contributed by atoms with van der Waals surface area (Å²) in [5.74, 6) is 0.167. The summed E-state index contributed by atoms with van der Waals surface area (Å²) >= 11 is 1.49. The Morgan fingerprint density at radius 2 is 1.94 bits per heavy atom. The molecular weight excluding hydrogens is 408 g/mol. The number of fused-ring (bicyclic) bond motifs is 2. The van der Waals surface area contributed by atoms with Crippen molar-refractivity contribution in [2.75, 3.05) is 6.61 Å². The predicted molar refractivity (Wildman–Crippen MR) is 126 cm³/mol. The first kappa shape index (κ1) is 21.8. The summed E-state index contributed by atoms with van der Waals surface area (Å²) in [5, 5.41) is 2.61. The molecule has 0 spiro atoms. The topological polar surface area (TPSA) is 61.2 Å². The first-order valence-electron chi connectivity index (χ1n) is 11.1. The number of aromatic nitrogens is 2. The van der Waals surface area contributed by atoms with Gasteiger partial charge in [0.15, 0.2) is 0 Å². The van der Waals surface area contributed by atoms with Gasteiger partial charge in [-0.05, 0) is 63.1 Å². The van der Waals surface area contributed by atoms with Crippen LogP contribution in [0.3, 0.4) is 0 Å². The molecule has 5 nitrogen and oxygen atoms in total. The third-order valence-corrected chi connectivity index (χ3v) is 7.02. The van der Waals surface area contributed by atoms with Gasteiger partial charge < -0.3 is 4.74 Å². The molecule has 1 aliphatic carbocycles. The molecule has 0 radical (unpaired) electrons. The van der Waals surface area contributed by atoms with Gasteiger partial charge in [-0.15, -0.1) is 11.3 Å². The van der Waals surface area contributed by atoms with E-state index in [0.29, 0.717) is 11.2 Å².